The Balaban J connectivity index is 1.75. The van der Waals surface area contributed by atoms with Crippen LogP contribution in [0.15, 0.2) is 78.9 Å². The number of benzene rings is 3. The van der Waals surface area contributed by atoms with Crippen LogP contribution < -0.4 is 10.1 Å². The zero-order chi connectivity index (χ0) is 16.9. The highest BCUT2D eigenvalue weighted by atomic mass is 16.5. The number of amides is 1. The summed E-state index contributed by atoms with van der Waals surface area (Å²) in [7, 11) is 0. The van der Waals surface area contributed by atoms with E-state index in [0.717, 1.165) is 27.8 Å². The molecule has 0 saturated heterocycles. The first kappa shape index (κ1) is 15.8. The lowest BCUT2D eigenvalue weighted by molar-refractivity contribution is 0.102. The Kier molecular flexibility index (Phi) is 4.62. The lowest BCUT2D eigenvalue weighted by atomic mass is 10.1. The molecule has 0 aliphatic rings. The number of hydrogen-bond donors (Lipinski definition) is 1. The van der Waals surface area contributed by atoms with Gasteiger partial charge in [-0.3, -0.25) is 4.79 Å². The van der Waals surface area contributed by atoms with E-state index in [1.54, 1.807) is 24.3 Å². The first-order chi connectivity index (χ1) is 11.6. The van der Waals surface area contributed by atoms with Crippen molar-refractivity contribution in [1.29, 1.82) is 0 Å². The third-order valence-electron chi connectivity index (χ3n) is 3.64. The Morgan fingerprint density at radius 1 is 1.00 bits per heavy atom. The van der Waals surface area contributed by atoms with Crippen molar-refractivity contribution in [2.75, 3.05) is 11.9 Å². The normalized spacial score (nSPS) is 10.4. The van der Waals surface area contributed by atoms with Crippen molar-refractivity contribution < 1.29 is 9.53 Å². The van der Waals surface area contributed by atoms with Gasteiger partial charge in [-0.15, -0.1) is 0 Å². The second-order valence-electron chi connectivity index (χ2n) is 5.75. The predicted molar refractivity (Wildman–Crippen MR) is 98.7 cm³/mol. The maximum Gasteiger partial charge on any atom is 0.255 e. The number of carbonyl (C=O) groups is 1. The van der Waals surface area contributed by atoms with Crippen LogP contribution in [-0.4, -0.2) is 12.5 Å². The lowest BCUT2D eigenvalue weighted by Gasteiger charge is -2.10. The highest BCUT2D eigenvalue weighted by Crippen LogP contribution is 2.23. The van der Waals surface area contributed by atoms with Crippen molar-refractivity contribution in [1.82, 2.24) is 0 Å². The predicted octanol–water partition coefficient (Wildman–Crippen LogP) is 5.05. The summed E-state index contributed by atoms with van der Waals surface area (Å²) < 4.78 is 5.55. The van der Waals surface area contributed by atoms with E-state index in [2.05, 4.69) is 11.9 Å². The Labute approximate surface area is 141 Å². The van der Waals surface area contributed by atoms with Crippen molar-refractivity contribution in [2.45, 2.75) is 6.92 Å². The van der Waals surface area contributed by atoms with Crippen LogP contribution in [0, 0.1) is 0 Å². The van der Waals surface area contributed by atoms with Crippen molar-refractivity contribution in [3.05, 3.63) is 84.4 Å². The van der Waals surface area contributed by atoms with Gasteiger partial charge in [0.05, 0.1) is 0 Å². The third-order valence-corrected chi connectivity index (χ3v) is 3.64. The first-order valence-electron chi connectivity index (χ1n) is 7.80. The topological polar surface area (TPSA) is 38.3 Å². The standard InChI is InChI=1S/C21H19NO2/c1-15(2)14-24-18-12-10-17(11-13-18)21(23)22-20-9-5-7-16-6-3-4-8-19(16)20/h3-13H,1,14H2,2H3,(H,22,23). The van der Waals surface area contributed by atoms with Gasteiger partial charge in [0.25, 0.3) is 5.91 Å². The minimum Gasteiger partial charge on any atom is -0.489 e. The number of hydrogen-bond acceptors (Lipinski definition) is 2. The molecule has 0 bridgehead atoms. The molecular formula is C21H19NO2. The summed E-state index contributed by atoms with van der Waals surface area (Å²) in [4.78, 5) is 12.5. The van der Waals surface area contributed by atoms with Gasteiger partial charge in [-0.05, 0) is 48.2 Å². The fourth-order valence-corrected chi connectivity index (χ4v) is 2.44. The molecule has 24 heavy (non-hydrogen) atoms. The monoisotopic (exact) mass is 317 g/mol. The average molecular weight is 317 g/mol. The number of ether oxygens (including phenoxy) is 1. The van der Waals surface area contributed by atoms with Gasteiger partial charge in [0.2, 0.25) is 0 Å². The Hall–Kier alpha value is -3.07. The summed E-state index contributed by atoms with van der Waals surface area (Å²) in [5, 5.41) is 5.10. The van der Waals surface area contributed by atoms with E-state index in [0.29, 0.717) is 12.2 Å². The van der Waals surface area contributed by atoms with Crippen LogP contribution in [0.2, 0.25) is 0 Å². The molecule has 120 valence electrons. The molecule has 3 heteroatoms. The fourth-order valence-electron chi connectivity index (χ4n) is 2.44. The Morgan fingerprint density at radius 2 is 1.71 bits per heavy atom. The molecule has 0 heterocycles. The lowest BCUT2D eigenvalue weighted by Crippen LogP contribution is -2.12. The van der Waals surface area contributed by atoms with E-state index in [1.807, 2.05) is 49.4 Å². The second kappa shape index (κ2) is 7.01. The van der Waals surface area contributed by atoms with Gasteiger partial charge in [-0.2, -0.15) is 0 Å². The van der Waals surface area contributed by atoms with Crippen LogP contribution in [-0.2, 0) is 0 Å². The quantitative estimate of drug-likeness (QED) is 0.669. The molecule has 1 amide bonds. The molecule has 0 unspecified atom stereocenters. The van der Waals surface area contributed by atoms with Crippen molar-refractivity contribution in [2.24, 2.45) is 0 Å². The number of carbonyl (C=O) groups excluding carboxylic acids is 1. The van der Waals surface area contributed by atoms with Gasteiger partial charge in [0.1, 0.15) is 12.4 Å². The molecule has 3 aromatic carbocycles. The zero-order valence-electron chi connectivity index (χ0n) is 13.6. The van der Waals surface area contributed by atoms with E-state index < -0.39 is 0 Å². The number of nitrogens with one attached hydrogen (secondary N) is 1. The summed E-state index contributed by atoms with van der Waals surface area (Å²) in [5.41, 5.74) is 2.35. The average Bonchev–Trinajstić information content (AvgIpc) is 2.60. The summed E-state index contributed by atoms with van der Waals surface area (Å²) >= 11 is 0. The summed E-state index contributed by atoms with van der Waals surface area (Å²) in [6.45, 7) is 6.18. The van der Waals surface area contributed by atoms with Crippen LogP contribution >= 0.6 is 0 Å². The SMILES string of the molecule is C=C(C)COc1ccc(C(=O)Nc2cccc3ccccc23)cc1. The van der Waals surface area contributed by atoms with Gasteiger partial charge in [-0.1, -0.05) is 43.0 Å². The molecule has 3 nitrogen and oxygen atoms in total. The van der Waals surface area contributed by atoms with Gasteiger partial charge in [0, 0.05) is 16.6 Å². The van der Waals surface area contributed by atoms with Crippen LogP contribution in [0.4, 0.5) is 5.69 Å². The smallest absolute Gasteiger partial charge is 0.255 e. The zero-order valence-corrected chi connectivity index (χ0v) is 13.6. The van der Waals surface area contributed by atoms with Crippen molar-refractivity contribution >= 4 is 22.4 Å². The largest absolute Gasteiger partial charge is 0.489 e. The molecule has 0 fully saturated rings. The molecule has 1 N–H and O–H groups in total. The molecule has 0 radical (unpaired) electrons. The molecule has 0 atom stereocenters. The number of fused-ring (bicyclic) bond motifs is 1. The summed E-state index contributed by atoms with van der Waals surface area (Å²) in [5.74, 6) is 0.581. The van der Waals surface area contributed by atoms with Gasteiger partial charge in [-0.25, -0.2) is 0 Å². The molecule has 0 aliphatic carbocycles. The maximum atomic E-state index is 12.5. The minimum absolute atomic E-state index is 0.141. The maximum absolute atomic E-state index is 12.5. The molecular weight excluding hydrogens is 298 g/mol. The van der Waals surface area contributed by atoms with Gasteiger partial charge < -0.3 is 10.1 Å². The summed E-state index contributed by atoms with van der Waals surface area (Å²) in [6, 6.07) is 20.9. The van der Waals surface area contributed by atoms with E-state index in [4.69, 9.17) is 4.74 Å². The molecule has 3 aromatic rings. The van der Waals surface area contributed by atoms with Gasteiger partial charge >= 0.3 is 0 Å². The summed E-state index contributed by atoms with van der Waals surface area (Å²) in [6.07, 6.45) is 0. The van der Waals surface area contributed by atoms with Crippen LogP contribution in [0.1, 0.15) is 17.3 Å². The first-order valence-corrected chi connectivity index (χ1v) is 7.80. The number of rotatable bonds is 5. The van der Waals surface area contributed by atoms with Crippen LogP contribution in [0.5, 0.6) is 5.75 Å². The molecule has 3 rings (SSSR count). The molecule has 0 saturated carbocycles. The van der Waals surface area contributed by atoms with Crippen LogP contribution in [0.25, 0.3) is 10.8 Å². The van der Waals surface area contributed by atoms with E-state index >= 15 is 0 Å². The Morgan fingerprint density at radius 3 is 2.46 bits per heavy atom. The van der Waals surface area contributed by atoms with Gasteiger partial charge in [0.15, 0.2) is 0 Å². The van der Waals surface area contributed by atoms with E-state index in [1.165, 1.54) is 0 Å². The minimum atomic E-state index is -0.141. The second-order valence-corrected chi connectivity index (χ2v) is 5.75. The molecule has 0 spiro atoms. The molecule has 0 aliphatic heterocycles. The third kappa shape index (κ3) is 3.63. The fraction of sp³-hybridized carbons (Fsp3) is 0.0952. The van der Waals surface area contributed by atoms with Crippen molar-refractivity contribution in [3.63, 3.8) is 0 Å². The highest BCUT2D eigenvalue weighted by molar-refractivity contribution is 6.09. The van der Waals surface area contributed by atoms with E-state index in [-0.39, 0.29) is 5.91 Å². The Bertz CT molecular complexity index is 876. The van der Waals surface area contributed by atoms with E-state index in [9.17, 15) is 4.79 Å². The molecule has 0 aromatic heterocycles. The highest BCUT2D eigenvalue weighted by Gasteiger charge is 2.08. The number of anilines is 1. The van der Waals surface area contributed by atoms with Crippen molar-refractivity contribution in [3.8, 4) is 5.75 Å². The van der Waals surface area contributed by atoms with Crippen LogP contribution in [0.3, 0.4) is 0 Å².